The molecule has 21 heavy (non-hydrogen) atoms. The largest absolute Gasteiger partial charge is 0.348 e. The van der Waals surface area contributed by atoms with E-state index >= 15 is 0 Å². The lowest BCUT2D eigenvalue weighted by Crippen LogP contribution is -2.36. The zero-order valence-electron chi connectivity index (χ0n) is 13.3. The van der Waals surface area contributed by atoms with Gasteiger partial charge in [-0.15, -0.1) is 0 Å². The third-order valence-corrected chi connectivity index (χ3v) is 3.41. The summed E-state index contributed by atoms with van der Waals surface area (Å²) in [5.74, 6) is -1.16. The summed E-state index contributed by atoms with van der Waals surface area (Å²) in [7, 11) is 0. The Hall–Kier alpha value is -1.84. The van der Waals surface area contributed by atoms with Crippen LogP contribution in [0.25, 0.3) is 0 Å². The van der Waals surface area contributed by atoms with Crippen LogP contribution in [0.5, 0.6) is 0 Å². The van der Waals surface area contributed by atoms with E-state index in [0.29, 0.717) is 12.2 Å². The molecule has 0 unspecified atom stereocenters. The molecule has 0 aliphatic heterocycles. The molecule has 0 aliphatic carbocycles. The van der Waals surface area contributed by atoms with Crippen LogP contribution in [0.2, 0.25) is 0 Å². The fourth-order valence-corrected chi connectivity index (χ4v) is 2.06. The summed E-state index contributed by atoms with van der Waals surface area (Å²) < 4.78 is 0. The maximum Gasteiger partial charge on any atom is 0.313 e. The Morgan fingerprint density at radius 1 is 1.00 bits per heavy atom. The van der Waals surface area contributed by atoms with Gasteiger partial charge in [0.05, 0.1) is 0 Å². The van der Waals surface area contributed by atoms with E-state index in [9.17, 15) is 9.59 Å². The number of carbonyl (C=O) groups is 2. The molecule has 0 fully saturated rings. The highest BCUT2D eigenvalue weighted by Crippen LogP contribution is 2.16. The number of carbonyl (C=O) groups excluding carboxylic acids is 2. The molecule has 1 aromatic rings. The van der Waals surface area contributed by atoms with Gasteiger partial charge >= 0.3 is 11.8 Å². The highest BCUT2D eigenvalue weighted by molar-refractivity contribution is 6.39. The normalized spacial score (nSPS) is 10.2. The number of rotatable bonds is 7. The molecular weight excluding hydrogens is 264 g/mol. The van der Waals surface area contributed by atoms with Crippen molar-refractivity contribution >= 4 is 17.5 Å². The number of unbranched alkanes of at least 4 members (excludes halogenated alkanes) is 4. The number of hydrogen-bond acceptors (Lipinski definition) is 2. The predicted octanol–water partition coefficient (Wildman–Crippen LogP) is 3.33. The van der Waals surface area contributed by atoms with Crippen LogP contribution >= 0.6 is 0 Å². The Balaban J connectivity index is 2.34. The number of amides is 2. The molecule has 0 bridgehead atoms. The lowest BCUT2D eigenvalue weighted by atomic mass is 10.1. The SMILES string of the molecule is CCCCCCCNC(=O)C(=O)Nc1cc(C)ccc1C. The molecule has 2 N–H and O–H groups in total. The fraction of sp³-hybridized carbons (Fsp3) is 0.529. The average Bonchev–Trinajstić information content (AvgIpc) is 2.46. The molecule has 0 aliphatic rings. The second kappa shape index (κ2) is 9.16. The number of aryl methyl sites for hydroxylation is 2. The van der Waals surface area contributed by atoms with Gasteiger partial charge in [-0.25, -0.2) is 0 Å². The lowest BCUT2D eigenvalue weighted by Gasteiger charge is -2.09. The summed E-state index contributed by atoms with van der Waals surface area (Å²) in [4.78, 5) is 23.5. The van der Waals surface area contributed by atoms with Crippen LogP contribution < -0.4 is 10.6 Å². The lowest BCUT2D eigenvalue weighted by molar-refractivity contribution is -0.136. The molecule has 0 spiro atoms. The molecule has 116 valence electrons. The van der Waals surface area contributed by atoms with Crippen molar-refractivity contribution in [2.75, 3.05) is 11.9 Å². The van der Waals surface area contributed by atoms with Gasteiger partial charge in [0, 0.05) is 12.2 Å². The first kappa shape index (κ1) is 17.2. The third-order valence-electron chi connectivity index (χ3n) is 3.41. The van der Waals surface area contributed by atoms with Crippen LogP contribution in [0.4, 0.5) is 5.69 Å². The van der Waals surface area contributed by atoms with Crippen molar-refractivity contribution < 1.29 is 9.59 Å². The number of nitrogens with one attached hydrogen (secondary N) is 2. The molecule has 0 atom stereocenters. The minimum Gasteiger partial charge on any atom is -0.348 e. The van der Waals surface area contributed by atoms with Gasteiger partial charge in [-0.1, -0.05) is 44.7 Å². The Morgan fingerprint density at radius 2 is 1.71 bits per heavy atom. The summed E-state index contributed by atoms with van der Waals surface area (Å²) in [6.07, 6.45) is 5.61. The van der Waals surface area contributed by atoms with Crippen LogP contribution in [-0.2, 0) is 9.59 Å². The molecule has 4 heteroatoms. The molecule has 0 saturated heterocycles. The maximum absolute atomic E-state index is 11.8. The predicted molar refractivity (Wildman–Crippen MR) is 86.3 cm³/mol. The molecule has 2 amide bonds. The van der Waals surface area contributed by atoms with E-state index in [4.69, 9.17) is 0 Å². The minimum atomic E-state index is -0.600. The fourth-order valence-electron chi connectivity index (χ4n) is 2.06. The monoisotopic (exact) mass is 290 g/mol. The van der Waals surface area contributed by atoms with Gasteiger partial charge < -0.3 is 10.6 Å². The zero-order valence-corrected chi connectivity index (χ0v) is 13.3. The van der Waals surface area contributed by atoms with Crippen LogP contribution in [-0.4, -0.2) is 18.4 Å². The number of benzene rings is 1. The Labute approximate surface area is 127 Å². The molecule has 4 nitrogen and oxygen atoms in total. The molecule has 0 saturated carbocycles. The molecule has 1 rings (SSSR count). The summed E-state index contributed by atoms with van der Waals surface area (Å²) in [5.41, 5.74) is 2.69. The minimum absolute atomic E-state index is 0.558. The first-order chi connectivity index (χ1) is 10.0. The van der Waals surface area contributed by atoms with Crippen molar-refractivity contribution in [3.8, 4) is 0 Å². The van der Waals surface area contributed by atoms with Gasteiger partial charge in [-0.2, -0.15) is 0 Å². The average molecular weight is 290 g/mol. The van der Waals surface area contributed by atoms with Crippen molar-refractivity contribution in [1.29, 1.82) is 0 Å². The third kappa shape index (κ3) is 6.43. The van der Waals surface area contributed by atoms with E-state index in [1.54, 1.807) is 0 Å². The van der Waals surface area contributed by atoms with Gasteiger partial charge in [-0.05, 0) is 37.5 Å². The summed E-state index contributed by atoms with van der Waals surface area (Å²) in [6, 6.07) is 5.77. The molecule has 0 heterocycles. The van der Waals surface area contributed by atoms with Gasteiger partial charge in [0.1, 0.15) is 0 Å². The van der Waals surface area contributed by atoms with Crippen LogP contribution in [0.3, 0.4) is 0 Å². The summed E-state index contributed by atoms with van der Waals surface area (Å²) in [5, 5.41) is 5.32. The molecule has 1 aromatic carbocycles. The van der Waals surface area contributed by atoms with E-state index < -0.39 is 11.8 Å². The van der Waals surface area contributed by atoms with Crippen LogP contribution in [0.15, 0.2) is 18.2 Å². The van der Waals surface area contributed by atoms with Crippen molar-refractivity contribution in [2.45, 2.75) is 52.9 Å². The van der Waals surface area contributed by atoms with Crippen molar-refractivity contribution in [3.63, 3.8) is 0 Å². The van der Waals surface area contributed by atoms with Crippen molar-refractivity contribution in [3.05, 3.63) is 29.3 Å². The first-order valence-electron chi connectivity index (χ1n) is 7.71. The smallest absolute Gasteiger partial charge is 0.313 e. The van der Waals surface area contributed by atoms with Crippen LogP contribution in [0.1, 0.15) is 50.2 Å². The summed E-state index contributed by atoms with van der Waals surface area (Å²) in [6.45, 7) is 6.58. The zero-order chi connectivity index (χ0) is 15.7. The molecule has 0 radical (unpaired) electrons. The highest BCUT2D eigenvalue weighted by Gasteiger charge is 2.13. The molecule has 0 aromatic heterocycles. The van der Waals surface area contributed by atoms with Gasteiger partial charge in [0.15, 0.2) is 0 Å². The second-order valence-corrected chi connectivity index (χ2v) is 5.44. The Kier molecular flexibility index (Phi) is 7.51. The van der Waals surface area contributed by atoms with Gasteiger partial charge in [-0.3, -0.25) is 9.59 Å². The van der Waals surface area contributed by atoms with E-state index in [1.807, 2.05) is 32.0 Å². The van der Waals surface area contributed by atoms with Gasteiger partial charge in [0.25, 0.3) is 0 Å². The van der Waals surface area contributed by atoms with E-state index in [-0.39, 0.29) is 0 Å². The topological polar surface area (TPSA) is 58.2 Å². The standard InChI is InChI=1S/C17H26N2O2/c1-4-5-6-7-8-11-18-16(20)17(21)19-15-12-13(2)9-10-14(15)3/h9-10,12H,4-8,11H2,1-3H3,(H,18,20)(H,19,21). The number of anilines is 1. The molecular formula is C17H26N2O2. The first-order valence-corrected chi connectivity index (χ1v) is 7.71. The van der Waals surface area contributed by atoms with Crippen molar-refractivity contribution in [1.82, 2.24) is 5.32 Å². The summed E-state index contributed by atoms with van der Waals surface area (Å²) >= 11 is 0. The quantitative estimate of drug-likeness (QED) is 0.598. The van der Waals surface area contributed by atoms with Crippen LogP contribution in [0, 0.1) is 13.8 Å². The van der Waals surface area contributed by atoms with Gasteiger partial charge in [0.2, 0.25) is 0 Å². The van der Waals surface area contributed by atoms with Crippen molar-refractivity contribution in [2.24, 2.45) is 0 Å². The Morgan fingerprint density at radius 3 is 2.43 bits per heavy atom. The second-order valence-electron chi connectivity index (χ2n) is 5.44. The van der Waals surface area contributed by atoms with E-state index in [2.05, 4.69) is 17.6 Å². The van der Waals surface area contributed by atoms with E-state index in [1.165, 1.54) is 19.3 Å². The highest BCUT2D eigenvalue weighted by atomic mass is 16.2. The Bertz CT molecular complexity index is 484. The number of hydrogen-bond donors (Lipinski definition) is 2. The maximum atomic E-state index is 11.8. The van der Waals surface area contributed by atoms with E-state index in [0.717, 1.165) is 24.0 Å².